The summed E-state index contributed by atoms with van der Waals surface area (Å²) in [5.41, 5.74) is 0.677. The fourth-order valence-corrected chi connectivity index (χ4v) is 3.53. The fourth-order valence-electron chi connectivity index (χ4n) is 3.53. The van der Waals surface area contributed by atoms with E-state index in [1.807, 2.05) is 74.5 Å². The van der Waals surface area contributed by atoms with Gasteiger partial charge in [-0.25, -0.2) is 9.78 Å². The van der Waals surface area contributed by atoms with E-state index >= 15 is 0 Å². The summed E-state index contributed by atoms with van der Waals surface area (Å²) in [7, 11) is 0. The normalized spacial score (nSPS) is 13.6. The lowest BCUT2D eigenvalue weighted by Crippen LogP contribution is -2.50. The number of urea groups is 1. The Morgan fingerprint density at radius 2 is 1.72 bits per heavy atom. The van der Waals surface area contributed by atoms with Crippen molar-refractivity contribution in [3.63, 3.8) is 0 Å². The number of aromatic nitrogens is 2. The van der Waals surface area contributed by atoms with E-state index in [0.29, 0.717) is 55.9 Å². The van der Waals surface area contributed by atoms with Crippen molar-refractivity contribution >= 4 is 17.5 Å². The molecule has 1 aliphatic rings. The molecule has 0 spiro atoms. The Bertz CT molecular complexity index is 1050. The van der Waals surface area contributed by atoms with Crippen LogP contribution < -0.4 is 19.7 Å². The van der Waals surface area contributed by atoms with Crippen LogP contribution in [-0.2, 0) is 0 Å². The quantitative estimate of drug-likeness (QED) is 0.623. The van der Waals surface area contributed by atoms with Crippen LogP contribution in [0.25, 0.3) is 0 Å². The molecule has 8 heteroatoms. The molecule has 8 nitrogen and oxygen atoms in total. The molecule has 0 aliphatic carbocycles. The number of benzene rings is 2. The Kier molecular flexibility index (Phi) is 6.69. The third-order valence-corrected chi connectivity index (χ3v) is 5.09. The van der Waals surface area contributed by atoms with Crippen LogP contribution in [0.1, 0.15) is 12.7 Å². The Morgan fingerprint density at radius 3 is 2.47 bits per heavy atom. The van der Waals surface area contributed by atoms with Crippen molar-refractivity contribution in [1.82, 2.24) is 14.9 Å². The van der Waals surface area contributed by atoms with Gasteiger partial charge < -0.3 is 24.6 Å². The molecule has 0 unspecified atom stereocenters. The maximum atomic E-state index is 12.8. The van der Waals surface area contributed by atoms with Gasteiger partial charge in [0.05, 0.1) is 12.3 Å². The first-order valence-corrected chi connectivity index (χ1v) is 10.7. The SMILES string of the molecule is CCOc1ccccc1NC(=O)N1CCN(c2cc(Oc3ccccc3)nc(C)n2)CC1. The molecule has 0 bridgehead atoms. The summed E-state index contributed by atoms with van der Waals surface area (Å²) in [6, 6.07) is 18.7. The molecule has 166 valence electrons. The zero-order chi connectivity index (χ0) is 22.3. The van der Waals surface area contributed by atoms with Gasteiger partial charge in [0.25, 0.3) is 0 Å². The molecule has 0 saturated carbocycles. The number of ether oxygens (including phenoxy) is 2. The van der Waals surface area contributed by atoms with Gasteiger partial charge in [-0.2, -0.15) is 4.98 Å². The van der Waals surface area contributed by atoms with Crippen molar-refractivity contribution in [2.45, 2.75) is 13.8 Å². The maximum Gasteiger partial charge on any atom is 0.322 e. The third-order valence-electron chi connectivity index (χ3n) is 5.09. The highest BCUT2D eigenvalue weighted by Crippen LogP contribution is 2.26. The van der Waals surface area contributed by atoms with Crippen molar-refractivity contribution in [3.8, 4) is 17.4 Å². The topological polar surface area (TPSA) is 79.8 Å². The molecule has 4 rings (SSSR count). The van der Waals surface area contributed by atoms with E-state index in [2.05, 4.69) is 20.2 Å². The predicted molar refractivity (Wildman–Crippen MR) is 124 cm³/mol. The van der Waals surface area contributed by atoms with Crippen LogP contribution in [0.4, 0.5) is 16.3 Å². The average Bonchev–Trinajstić information content (AvgIpc) is 2.81. The number of nitrogens with zero attached hydrogens (tertiary/aromatic N) is 4. The van der Waals surface area contributed by atoms with Crippen molar-refractivity contribution in [2.24, 2.45) is 0 Å². The molecule has 1 fully saturated rings. The number of piperazine rings is 1. The molecular formula is C24H27N5O3. The molecular weight excluding hydrogens is 406 g/mol. The number of para-hydroxylation sites is 3. The number of rotatable bonds is 6. The molecule has 32 heavy (non-hydrogen) atoms. The number of anilines is 2. The molecule has 1 aliphatic heterocycles. The lowest BCUT2D eigenvalue weighted by Gasteiger charge is -2.35. The van der Waals surface area contributed by atoms with E-state index in [9.17, 15) is 4.79 Å². The van der Waals surface area contributed by atoms with E-state index in [1.54, 1.807) is 4.90 Å². The summed E-state index contributed by atoms with van der Waals surface area (Å²) in [6.45, 7) is 6.81. The highest BCUT2D eigenvalue weighted by Gasteiger charge is 2.23. The van der Waals surface area contributed by atoms with Gasteiger partial charge >= 0.3 is 6.03 Å². The van der Waals surface area contributed by atoms with Crippen LogP contribution in [-0.4, -0.2) is 53.7 Å². The summed E-state index contributed by atoms with van der Waals surface area (Å²) < 4.78 is 11.5. The minimum absolute atomic E-state index is 0.135. The average molecular weight is 434 g/mol. The molecule has 2 aromatic carbocycles. The van der Waals surface area contributed by atoms with E-state index in [4.69, 9.17) is 9.47 Å². The van der Waals surface area contributed by atoms with E-state index in [-0.39, 0.29) is 6.03 Å². The Labute approximate surface area is 187 Å². The standard InChI is InChI=1S/C24H27N5O3/c1-3-31-21-12-8-7-11-20(21)27-24(30)29-15-13-28(14-16-29)22-17-23(26-18(2)25-22)32-19-9-5-4-6-10-19/h4-12,17H,3,13-16H2,1-2H3,(H,27,30). The minimum Gasteiger partial charge on any atom is -0.492 e. The van der Waals surface area contributed by atoms with Crippen LogP contribution in [0.2, 0.25) is 0 Å². The first kappa shape index (κ1) is 21.4. The summed E-state index contributed by atoms with van der Waals surface area (Å²) >= 11 is 0. The number of nitrogens with one attached hydrogen (secondary N) is 1. The zero-order valence-corrected chi connectivity index (χ0v) is 18.3. The fraction of sp³-hybridized carbons (Fsp3) is 0.292. The number of aryl methyl sites for hydroxylation is 1. The Balaban J connectivity index is 1.38. The van der Waals surface area contributed by atoms with Crippen molar-refractivity contribution in [3.05, 3.63) is 66.5 Å². The van der Waals surface area contributed by atoms with Gasteiger partial charge in [0.15, 0.2) is 0 Å². The number of hydrogen-bond donors (Lipinski definition) is 1. The van der Waals surface area contributed by atoms with Crippen molar-refractivity contribution in [2.75, 3.05) is 43.0 Å². The van der Waals surface area contributed by atoms with Gasteiger partial charge in [-0.05, 0) is 38.1 Å². The summed E-state index contributed by atoms with van der Waals surface area (Å²) in [6.07, 6.45) is 0. The number of carbonyl (C=O) groups is 1. The molecule has 1 aromatic heterocycles. The number of hydrogen-bond acceptors (Lipinski definition) is 6. The van der Waals surface area contributed by atoms with Crippen LogP contribution in [0, 0.1) is 6.92 Å². The predicted octanol–water partition coefficient (Wildman–Crippen LogP) is 4.33. The van der Waals surface area contributed by atoms with Gasteiger partial charge in [-0.3, -0.25) is 0 Å². The maximum absolute atomic E-state index is 12.8. The van der Waals surface area contributed by atoms with Crippen molar-refractivity contribution < 1.29 is 14.3 Å². The lowest BCUT2D eigenvalue weighted by molar-refractivity contribution is 0.208. The van der Waals surface area contributed by atoms with Crippen LogP contribution in [0.5, 0.6) is 17.4 Å². The molecule has 2 amide bonds. The third kappa shape index (κ3) is 5.26. The summed E-state index contributed by atoms with van der Waals surface area (Å²) in [5.74, 6) is 3.34. The zero-order valence-electron chi connectivity index (χ0n) is 18.3. The largest absolute Gasteiger partial charge is 0.492 e. The van der Waals surface area contributed by atoms with E-state index in [0.717, 1.165) is 11.6 Å². The first-order chi connectivity index (χ1) is 15.6. The number of amides is 2. The summed E-state index contributed by atoms with van der Waals surface area (Å²) in [5, 5.41) is 2.96. The van der Waals surface area contributed by atoms with Gasteiger partial charge in [0.2, 0.25) is 5.88 Å². The monoisotopic (exact) mass is 433 g/mol. The second-order valence-corrected chi connectivity index (χ2v) is 7.36. The smallest absolute Gasteiger partial charge is 0.322 e. The summed E-state index contributed by atoms with van der Waals surface area (Å²) in [4.78, 5) is 25.7. The van der Waals surface area contributed by atoms with Gasteiger partial charge in [0.1, 0.15) is 23.1 Å². The second-order valence-electron chi connectivity index (χ2n) is 7.36. The van der Waals surface area contributed by atoms with Crippen LogP contribution in [0.3, 0.4) is 0 Å². The Hall–Kier alpha value is -3.81. The highest BCUT2D eigenvalue weighted by molar-refractivity contribution is 5.91. The highest BCUT2D eigenvalue weighted by atomic mass is 16.5. The van der Waals surface area contributed by atoms with Gasteiger partial charge in [0, 0.05) is 32.2 Å². The second kappa shape index (κ2) is 10.00. The molecule has 0 atom stereocenters. The van der Waals surface area contributed by atoms with E-state index < -0.39 is 0 Å². The first-order valence-electron chi connectivity index (χ1n) is 10.7. The lowest BCUT2D eigenvalue weighted by atomic mass is 10.3. The molecule has 3 aromatic rings. The van der Waals surface area contributed by atoms with Gasteiger partial charge in [-0.1, -0.05) is 30.3 Å². The molecule has 1 saturated heterocycles. The molecule has 2 heterocycles. The van der Waals surface area contributed by atoms with Crippen LogP contribution >= 0.6 is 0 Å². The van der Waals surface area contributed by atoms with E-state index in [1.165, 1.54) is 0 Å². The van der Waals surface area contributed by atoms with Gasteiger partial charge in [-0.15, -0.1) is 0 Å². The van der Waals surface area contributed by atoms with Crippen LogP contribution in [0.15, 0.2) is 60.7 Å². The Morgan fingerprint density at radius 1 is 1.00 bits per heavy atom. The van der Waals surface area contributed by atoms with Crippen molar-refractivity contribution in [1.29, 1.82) is 0 Å². The minimum atomic E-state index is -0.135. The molecule has 0 radical (unpaired) electrons. The molecule has 1 N–H and O–H groups in total. The number of carbonyl (C=O) groups excluding carboxylic acids is 1.